The van der Waals surface area contributed by atoms with Gasteiger partial charge >= 0.3 is 0 Å². The fourth-order valence-electron chi connectivity index (χ4n) is 3.12. The molecule has 4 aromatic rings. The average molecular weight is 335 g/mol. The van der Waals surface area contributed by atoms with Gasteiger partial charge in [0.05, 0.1) is 21.9 Å². The number of aromatic nitrogens is 4. The molecule has 5 nitrogen and oxygen atoms in total. The lowest BCUT2D eigenvalue weighted by Gasteiger charge is -2.10. The lowest BCUT2D eigenvalue weighted by molar-refractivity contribution is 0.638. The number of hydrogen-bond acceptors (Lipinski definition) is 4. The van der Waals surface area contributed by atoms with Crippen LogP contribution in [0, 0.1) is 12.7 Å². The molecule has 0 bridgehead atoms. The highest BCUT2D eigenvalue weighted by atomic mass is 19.1. The number of para-hydroxylation sites is 2. The number of hydrogen-bond donors (Lipinski definition) is 1. The molecule has 0 saturated heterocycles. The minimum Gasteiger partial charge on any atom is -0.369 e. The van der Waals surface area contributed by atoms with E-state index in [-0.39, 0.29) is 5.82 Å². The third kappa shape index (κ3) is 2.91. The monoisotopic (exact) mass is 335 g/mol. The smallest absolute Gasteiger partial charge is 0.140 e. The molecule has 0 radical (unpaired) electrons. The maximum absolute atomic E-state index is 14.1. The van der Waals surface area contributed by atoms with Crippen molar-refractivity contribution in [3.63, 3.8) is 0 Å². The summed E-state index contributed by atoms with van der Waals surface area (Å²) < 4.78 is 16.3. The summed E-state index contributed by atoms with van der Waals surface area (Å²) in [5.74, 6) is 1.23. The van der Waals surface area contributed by atoms with Crippen molar-refractivity contribution in [1.82, 2.24) is 19.5 Å². The maximum atomic E-state index is 14.1. The van der Waals surface area contributed by atoms with Crippen molar-refractivity contribution in [1.29, 1.82) is 0 Å². The van der Waals surface area contributed by atoms with E-state index in [0.29, 0.717) is 23.3 Å². The van der Waals surface area contributed by atoms with E-state index < -0.39 is 0 Å². The van der Waals surface area contributed by atoms with E-state index in [2.05, 4.69) is 30.9 Å². The largest absolute Gasteiger partial charge is 0.369 e. The van der Waals surface area contributed by atoms with Crippen LogP contribution in [0.1, 0.15) is 12.2 Å². The van der Waals surface area contributed by atoms with E-state index in [1.165, 1.54) is 12.4 Å². The van der Waals surface area contributed by atoms with Crippen molar-refractivity contribution in [2.45, 2.75) is 19.9 Å². The Kier molecular flexibility index (Phi) is 4.01. The molecular formula is C19H18FN5. The van der Waals surface area contributed by atoms with Crippen LogP contribution in [0.4, 0.5) is 10.2 Å². The molecule has 0 atom stereocenters. The molecule has 0 amide bonds. The molecule has 0 aliphatic heterocycles. The summed E-state index contributed by atoms with van der Waals surface area (Å²) >= 11 is 0. The Morgan fingerprint density at radius 1 is 1.04 bits per heavy atom. The molecular weight excluding hydrogens is 317 g/mol. The van der Waals surface area contributed by atoms with E-state index in [1.54, 1.807) is 12.1 Å². The fourth-order valence-corrected chi connectivity index (χ4v) is 3.12. The maximum Gasteiger partial charge on any atom is 0.140 e. The highest BCUT2D eigenvalue weighted by Gasteiger charge is 2.09. The van der Waals surface area contributed by atoms with Crippen LogP contribution >= 0.6 is 0 Å². The van der Waals surface area contributed by atoms with Crippen molar-refractivity contribution in [3.8, 4) is 0 Å². The quantitative estimate of drug-likeness (QED) is 0.562. The van der Waals surface area contributed by atoms with Crippen LogP contribution in [0.25, 0.3) is 21.9 Å². The standard InChI is InChI=1S/C19H18FN5/c1-13-24-15-7-2-3-9-17(15)25(13)11-5-10-21-19-18-14(20)6-4-8-16(18)22-12-23-19/h2-4,6-9,12H,5,10-11H2,1H3,(H,21,22,23). The van der Waals surface area contributed by atoms with E-state index in [4.69, 9.17) is 0 Å². The van der Waals surface area contributed by atoms with Crippen LogP contribution in [-0.2, 0) is 6.54 Å². The Balaban J connectivity index is 1.47. The van der Waals surface area contributed by atoms with Crippen molar-refractivity contribution in [2.75, 3.05) is 11.9 Å². The number of nitrogens with one attached hydrogen (secondary N) is 1. The SMILES string of the molecule is Cc1nc2ccccc2n1CCCNc1ncnc2cccc(F)c12. The molecule has 126 valence electrons. The second-order valence-corrected chi connectivity index (χ2v) is 5.94. The van der Waals surface area contributed by atoms with E-state index >= 15 is 0 Å². The van der Waals surface area contributed by atoms with Gasteiger partial charge in [-0.2, -0.15) is 0 Å². The number of nitrogens with zero attached hydrogens (tertiary/aromatic N) is 4. The third-order valence-corrected chi connectivity index (χ3v) is 4.31. The Hall–Kier alpha value is -3.02. The zero-order valence-electron chi connectivity index (χ0n) is 13.9. The van der Waals surface area contributed by atoms with Crippen LogP contribution in [0.15, 0.2) is 48.8 Å². The molecule has 25 heavy (non-hydrogen) atoms. The second-order valence-electron chi connectivity index (χ2n) is 5.94. The summed E-state index contributed by atoms with van der Waals surface area (Å²) in [6.07, 6.45) is 2.33. The van der Waals surface area contributed by atoms with E-state index in [9.17, 15) is 4.39 Å². The van der Waals surface area contributed by atoms with E-state index in [0.717, 1.165) is 29.8 Å². The first kappa shape index (κ1) is 15.5. The van der Waals surface area contributed by atoms with Gasteiger partial charge in [0.25, 0.3) is 0 Å². The summed E-state index contributed by atoms with van der Waals surface area (Å²) in [5, 5.41) is 3.67. The predicted molar refractivity (Wildman–Crippen MR) is 97.1 cm³/mol. The van der Waals surface area contributed by atoms with Crippen molar-refractivity contribution < 1.29 is 4.39 Å². The first-order valence-corrected chi connectivity index (χ1v) is 8.29. The number of imidazole rings is 1. The lowest BCUT2D eigenvalue weighted by Crippen LogP contribution is -2.09. The third-order valence-electron chi connectivity index (χ3n) is 4.31. The van der Waals surface area contributed by atoms with Crippen molar-refractivity contribution >= 4 is 27.8 Å². The van der Waals surface area contributed by atoms with Crippen molar-refractivity contribution in [2.24, 2.45) is 0 Å². The average Bonchev–Trinajstić information content (AvgIpc) is 2.94. The predicted octanol–water partition coefficient (Wildman–Crippen LogP) is 3.93. The van der Waals surface area contributed by atoms with Crippen LogP contribution in [-0.4, -0.2) is 26.1 Å². The van der Waals surface area contributed by atoms with Gasteiger partial charge in [-0.3, -0.25) is 0 Å². The molecule has 0 aliphatic rings. The number of fused-ring (bicyclic) bond motifs is 2. The Labute approximate surface area is 144 Å². The van der Waals surface area contributed by atoms with Gasteiger partial charge < -0.3 is 9.88 Å². The Morgan fingerprint density at radius 3 is 2.80 bits per heavy atom. The summed E-state index contributed by atoms with van der Waals surface area (Å²) in [5.41, 5.74) is 2.75. The number of halogens is 1. The number of anilines is 1. The van der Waals surface area contributed by atoms with Crippen LogP contribution in [0.3, 0.4) is 0 Å². The number of rotatable bonds is 5. The molecule has 4 rings (SSSR count). The molecule has 0 aliphatic carbocycles. The van der Waals surface area contributed by atoms with Gasteiger partial charge in [0, 0.05) is 13.1 Å². The van der Waals surface area contributed by atoms with E-state index in [1.807, 2.05) is 25.1 Å². The summed E-state index contributed by atoms with van der Waals surface area (Å²) in [4.78, 5) is 12.9. The van der Waals surface area contributed by atoms with Gasteiger partial charge in [0.2, 0.25) is 0 Å². The first-order chi connectivity index (χ1) is 12.2. The van der Waals surface area contributed by atoms with Crippen LogP contribution in [0.2, 0.25) is 0 Å². The highest BCUT2D eigenvalue weighted by molar-refractivity contribution is 5.89. The molecule has 2 aromatic heterocycles. The zero-order chi connectivity index (χ0) is 17.2. The fraction of sp³-hybridized carbons (Fsp3) is 0.211. The van der Waals surface area contributed by atoms with Crippen LogP contribution < -0.4 is 5.32 Å². The molecule has 0 spiro atoms. The molecule has 0 saturated carbocycles. The van der Waals surface area contributed by atoms with Gasteiger partial charge in [0.1, 0.15) is 23.8 Å². The lowest BCUT2D eigenvalue weighted by atomic mass is 10.2. The summed E-state index contributed by atoms with van der Waals surface area (Å²) in [7, 11) is 0. The molecule has 0 fully saturated rings. The zero-order valence-corrected chi connectivity index (χ0v) is 13.9. The van der Waals surface area contributed by atoms with Gasteiger partial charge in [-0.1, -0.05) is 18.2 Å². The molecule has 1 N–H and O–H groups in total. The first-order valence-electron chi connectivity index (χ1n) is 8.29. The summed E-state index contributed by atoms with van der Waals surface area (Å²) in [6.45, 7) is 3.54. The Morgan fingerprint density at radius 2 is 1.88 bits per heavy atom. The van der Waals surface area contributed by atoms with Crippen molar-refractivity contribution in [3.05, 3.63) is 60.4 Å². The molecule has 6 heteroatoms. The van der Waals surface area contributed by atoms with Gasteiger partial charge in [-0.05, 0) is 37.6 Å². The highest BCUT2D eigenvalue weighted by Crippen LogP contribution is 2.22. The molecule has 2 aromatic carbocycles. The topological polar surface area (TPSA) is 55.6 Å². The molecule has 0 unspecified atom stereocenters. The van der Waals surface area contributed by atoms with Gasteiger partial charge in [0.15, 0.2) is 0 Å². The van der Waals surface area contributed by atoms with Gasteiger partial charge in [-0.25, -0.2) is 19.3 Å². The minimum atomic E-state index is -0.308. The van der Waals surface area contributed by atoms with Gasteiger partial charge in [-0.15, -0.1) is 0 Å². The van der Waals surface area contributed by atoms with Crippen LogP contribution in [0.5, 0.6) is 0 Å². The normalized spacial score (nSPS) is 11.3. The second kappa shape index (κ2) is 6.47. The minimum absolute atomic E-state index is 0.308. The number of benzene rings is 2. The molecule has 2 heterocycles. The Bertz CT molecular complexity index is 1040. The number of aryl methyl sites for hydroxylation is 2. The summed E-state index contributed by atoms with van der Waals surface area (Å²) in [6, 6.07) is 13.0.